The Kier molecular flexibility index (Phi) is 7.89. The van der Waals surface area contributed by atoms with Gasteiger partial charge in [0, 0.05) is 29.5 Å². The van der Waals surface area contributed by atoms with E-state index in [4.69, 9.17) is 25.8 Å². The van der Waals surface area contributed by atoms with Crippen molar-refractivity contribution in [2.24, 2.45) is 0 Å². The van der Waals surface area contributed by atoms with E-state index >= 15 is 0 Å². The number of rotatable bonds is 7. The molecule has 1 amide bonds. The molecular weight excluding hydrogens is 480 g/mol. The Morgan fingerprint density at radius 1 is 1.00 bits per heavy atom. The lowest BCUT2D eigenvalue weighted by Gasteiger charge is -2.28. The first kappa shape index (κ1) is 25.6. The summed E-state index contributed by atoms with van der Waals surface area (Å²) in [6.07, 6.45) is 3.18. The van der Waals surface area contributed by atoms with E-state index in [2.05, 4.69) is 0 Å². The highest BCUT2D eigenvalue weighted by molar-refractivity contribution is 6.30. The summed E-state index contributed by atoms with van der Waals surface area (Å²) < 4.78 is 18.8. The van der Waals surface area contributed by atoms with E-state index in [-0.39, 0.29) is 17.7 Å². The van der Waals surface area contributed by atoms with Crippen LogP contribution in [0.15, 0.2) is 71.7 Å². The zero-order valence-electron chi connectivity index (χ0n) is 20.8. The number of ether oxygens (including phenoxy) is 3. The Hall–Kier alpha value is -3.45. The minimum absolute atomic E-state index is 0.0254. The largest absolute Gasteiger partial charge is 0.491 e. The monoisotopic (exact) mass is 510 g/mol. The van der Waals surface area contributed by atoms with E-state index < -0.39 is 5.60 Å². The number of carbonyl (C=O) groups excluding carboxylic acids is 1. The lowest BCUT2D eigenvalue weighted by atomic mass is 10.2. The average Bonchev–Trinajstić information content (AvgIpc) is 3.31. The Morgan fingerprint density at radius 3 is 2.39 bits per heavy atom. The molecule has 0 radical (unpaired) electrons. The summed E-state index contributed by atoms with van der Waals surface area (Å²) in [5.74, 6) is 1.17. The van der Waals surface area contributed by atoms with Crippen LogP contribution in [0.1, 0.15) is 39.2 Å². The van der Waals surface area contributed by atoms with Gasteiger partial charge in [0.1, 0.15) is 30.3 Å². The Labute approximate surface area is 216 Å². The van der Waals surface area contributed by atoms with Crippen LogP contribution < -0.4 is 15.0 Å². The van der Waals surface area contributed by atoms with E-state index in [1.165, 1.54) is 6.07 Å². The second-order valence-electron chi connectivity index (χ2n) is 9.76. The Bertz CT molecular complexity index is 1230. The van der Waals surface area contributed by atoms with E-state index in [1.54, 1.807) is 33.9 Å². The average molecular weight is 511 g/mol. The van der Waals surface area contributed by atoms with Crippen LogP contribution in [0, 0.1) is 0 Å². The van der Waals surface area contributed by atoms with Gasteiger partial charge in [-0.2, -0.15) is 0 Å². The first-order valence-electron chi connectivity index (χ1n) is 12.0. The highest BCUT2D eigenvalue weighted by atomic mass is 35.5. The number of likely N-dealkylation sites (tertiary alicyclic amines) is 1. The van der Waals surface area contributed by atoms with Gasteiger partial charge in [0.2, 0.25) is 0 Å². The van der Waals surface area contributed by atoms with Crippen LogP contribution >= 0.6 is 11.6 Å². The van der Waals surface area contributed by atoms with Crippen molar-refractivity contribution in [3.05, 3.63) is 87.8 Å². The van der Waals surface area contributed by atoms with Crippen LogP contribution in [0.5, 0.6) is 11.5 Å². The van der Waals surface area contributed by atoms with Gasteiger partial charge in [0.05, 0.1) is 6.04 Å². The SMILES string of the molecule is CC(C)(C)OC(=O)N1CCC[C@@H]1COc1ccc(-n2ccc(OCc3ccc(Cl)cc3)cc2=O)cc1. The van der Waals surface area contributed by atoms with Crippen LogP contribution in [0.2, 0.25) is 5.02 Å². The molecule has 4 rings (SSSR count). The standard InChI is InChI=1S/C28H31ClN2O5/c1-28(2,3)36-27(33)31-15-4-5-23(31)19-35-24-12-10-22(11-13-24)30-16-14-25(17-26(30)32)34-18-20-6-8-21(29)9-7-20/h6-14,16-17,23H,4-5,15,18-19H2,1-3H3/t23-/m1/s1. The van der Waals surface area contributed by atoms with Gasteiger partial charge in [0.25, 0.3) is 5.56 Å². The van der Waals surface area contributed by atoms with E-state index in [0.29, 0.717) is 42.0 Å². The summed E-state index contributed by atoms with van der Waals surface area (Å²) in [7, 11) is 0. The van der Waals surface area contributed by atoms with Crippen LogP contribution in [0.4, 0.5) is 4.79 Å². The molecule has 8 heteroatoms. The maximum atomic E-state index is 12.7. The molecule has 0 bridgehead atoms. The first-order chi connectivity index (χ1) is 17.2. The molecule has 0 saturated carbocycles. The maximum absolute atomic E-state index is 12.7. The molecule has 3 aromatic rings. The number of hydrogen-bond donors (Lipinski definition) is 0. The fourth-order valence-electron chi connectivity index (χ4n) is 3.98. The Balaban J connectivity index is 1.33. The molecule has 0 N–H and O–H groups in total. The molecule has 36 heavy (non-hydrogen) atoms. The van der Waals surface area contributed by atoms with Crippen molar-refractivity contribution in [3.63, 3.8) is 0 Å². The number of carbonyl (C=O) groups is 1. The zero-order chi connectivity index (χ0) is 25.7. The summed E-state index contributed by atoms with van der Waals surface area (Å²) in [5.41, 5.74) is 0.954. The van der Waals surface area contributed by atoms with Gasteiger partial charge >= 0.3 is 6.09 Å². The fraction of sp³-hybridized carbons (Fsp3) is 0.357. The molecule has 2 aromatic carbocycles. The van der Waals surface area contributed by atoms with Crippen molar-refractivity contribution >= 4 is 17.7 Å². The van der Waals surface area contributed by atoms with Crippen molar-refractivity contribution in [2.45, 2.75) is 51.9 Å². The molecule has 1 atom stereocenters. The van der Waals surface area contributed by atoms with Gasteiger partial charge in [-0.1, -0.05) is 23.7 Å². The predicted molar refractivity (Wildman–Crippen MR) is 139 cm³/mol. The maximum Gasteiger partial charge on any atom is 0.410 e. The molecular formula is C28H31ClN2O5. The highest BCUT2D eigenvalue weighted by Crippen LogP contribution is 2.23. The second kappa shape index (κ2) is 11.1. The van der Waals surface area contributed by atoms with Crippen molar-refractivity contribution in [1.82, 2.24) is 9.47 Å². The Morgan fingerprint density at radius 2 is 1.72 bits per heavy atom. The van der Waals surface area contributed by atoms with E-state index in [0.717, 1.165) is 18.4 Å². The third kappa shape index (κ3) is 6.82. The van der Waals surface area contributed by atoms with Crippen molar-refractivity contribution < 1.29 is 19.0 Å². The third-order valence-corrected chi connectivity index (χ3v) is 6.02. The van der Waals surface area contributed by atoms with Crippen molar-refractivity contribution in [3.8, 4) is 17.2 Å². The molecule has 1 saturated heterocycles. The summed E-state index contributed by atoms with van der Waals surface area (Å²) >= 11 is 5.91. The summed E-state index contributed by atoms with van der Waals surface area (Å²) in [6.45, 7) is 6.99. The minimum Gasteiger partial charge on any atom is -0.491 e. The molecule has 1 fully saturated rings. The number of halogens is 1. The smallest absolute Gasteiger partial charge is 0.410 e. The predicted octanol–water partition coefficient (Wildman–Crippen LogP) is 5.85. The minimum atomic E-state index is -0.528. The third-order valence-electron chi connectivity index (χ3n) is 5.77. The van der Waals surface area contributed by atoms with Gasteiger partial charge in [-0.15, -0.1) is 0 Å². The number of amides is 1. The van der Waals surface area contributed by atoms with Gasteiger partial charge in [0.15, 0.2) is 0 Å². The van der Waals surface area contributed by atoms with Crippen LogP contribution in [0.3, 0.4) is 0 Å². The molecule has 1 aromatic heterocycles. The molecule has 1 aliphatic heterocycles. The van der Waals surface area contributed by atoms with Gasteiger partial charge in [-0.25, -0.2) is 4.79 Å². The number of hydrogen-bond acceptors (Lipinski definition) is 5. The normalized spacial score (nSPS) is 15.6. The topological polar surface area (TPSA) is 70.0 Å². The molecule has 190 valence electrons. The van der Waals surface area contributed by atoms with E-state index in [1.807, 2.05) is 57.2 Å². The molecule has 1 aliphatic rings. The van der Waals surface area contributed by atoms with E-state index in [9.17, 15) is 9.59 Å². The summed E-state index contributed by atoms with van der Waals surface area (Å²) in [6, 6.07) is 17.9. The highest BCUT2D eigenvalue weighted by Gasteiger charge is 2.32. The molecule has 7 nitrogen and oxygen atoms in total. The van der Waals surface area contributed by atoms with Gasteiger partial charge in [-0.05, 0) is 81.6 Å². The lowest BCUT2D eigenvalue weighted by Crippen LogP contribution is -2.42. The first-order valence-corrected chi connectivity index (χ1v) is 12.4. The van der Waals surface area contributed by atoms with Crippen molar-refractivity contribution in [2.75, 3.05) is 13.2 Å². The molecule has 0 unspecified atom stereocenters. The molecule has 0 spiro atoms. The molecule has 2 heterocycles. The number of aromatic nitrogens is 1. The quantitative estimate of drug-likeness (QED) is 0.399. The summed E-state index contributed by atoms with van der Waals surface area (Å²) in [4.78, 5) is 26.9. The number of pyridine rings is 1. The zero-order valence-corrected chi connectivity index (χ0v) is 21.5. The van der Waals surface area contributed by atoms with Crippen LogP contribution in [-0.2, 0) is 11.3 Å². The van der Waals surface area contributed by atoms with Crippen molar-refractivity contribution in [1.29, 1.82) is 0 Å². The lowest BCUT2D eigenvalue weighted by molar-refractivity contribution is 0.0187. The fourth-order valence-corrected chi connectivity index (χ4v) is 4.10. The molecule has 0 aliphatic carbocycles. The van der Waals surface area contributed by atoms with Crippen LogP contribution in [-0.4, -0.2) is 40.4 Å². The number of nitrogens with zero attached hydrogens (tertiary/aromatic N) is 2. The number of benzene rings is 2. The second-order valence-corrected chi connectivity index (χ2v) is 10.2. The van der Waals surface area contributed by atoms with Crippen LogP contribution in [0.25, 0.3) is 5.69 Å². The summed E-state index contributed by atoms with van der Waals surface area (Å²) in [5, 5.41) is 0.666. The van der Waals surface area contributed by atoms with Gasteiger partial charge < -0.3 is 19.1 Å². The van der Waals surface area contributed by atoms with Gasteiger partial charge in [-0.3, -0.25) is 9.36 Å².